The maximum Gasteiger partial charge on any atom is 0.226 e. The number of hydrogen-bond donors (Lipinski definition) is 2. The van der Waals surface area contributed by atoms with Crippen molar-refractivity contribution in [3.05, 3.63) is 35.4 Å². The smallest absolute Gasteiger partial charge is 0.226 e. The molecule has 1 aliphatic carbocycles. The van der Waals surface area contributed by atoms with E-state index in [4.69, 9.17) is 11.1 Å². The van der Waals surface area contributed by atoms with Gasteiger partial charge in [-0.15, -0.1) is 0 Å². The van der Waals surface area contributed by atoms with E-state index in [1.54, 1.807) is 0 Å². The summed E-state index contributed by atoms with van der Waals surface area (Å²) < 4.78 is 0. The zero-order valence-electron chi connectivity index (χ0n) is 9.23. The van der Waals surface area contributed by atoms with Gasteiger partial charge in [-0.2, -0.15) is 0 Å². The molecular formula is C12H15N3O. The fourth-order valence-corrected chi connectivity index (χ4v) is 2.36. The zero-order valence-corrected chi connectivity index (χ0v) is 9.23. The molecule has 4 heteroatoms. The molecule has 84 valence electrons. The lowest BCUT2D eigenvalue weighted by Crippen LogP contribution is -2.41. The van der Waals surface area contributed by atoms with Crippen LogP contribution in [0, 0.1) is 5.41 Å². The topological polar surface area (TPSA) is 70.2 Å². The SMILES string of the molecule is CC(=O)N(C(=N)N)C1CCc2ccccc21. The van der Waals surface area contributed by atoms with Gasteiger partial charge >= 0.3 is 0 Å². The Labute approximate surface area is 94.6 Å². The molecule has 0 saturated carbocycles. The van der Waals surface area contributed by atoms with Crippen molar-refractivity contribution in [1.29, 1.82) is 5.41 Å². The van der Waals surface area contributed by atoms with Crippen LogP contribution in [-0.2, 0) is 11.2 Å². The molecule has 0 radical (unpaired) electrons. The van der Waals surface area contributed by atoms with Crippen LogP contribution in [-0.4, -0.2) is 16.8 Å². The monoisotopic (exact) mass is 217 g/mol. The van der Waals surface area contributed by atoms with Gasteiger partial charge in [0.2, 0.25) is 5.91 Å². The quantitative estimate of drug-likeness (QED) is 0.551. The largest absolute Gasteiger partial charge is 0.370 e. The highest BCUT2D eigenvalue weighted by atomic mass is 16.2. The number of nitrogens with two attached hydrogens (primary N) is 1. The van der Waals surface area contributed by atoms with E-state index >= 15 is 0 Å². The summed E-state index contributed by atoms with van der Waals surface area (Å²) in [7, 11) is 0. The highest BCUT2D eigenvalue weighted by Crippen LogP contribution is 2.35. The van der Waals surface area contributed by atoms with Gasteiger partial charge in [0.05, 0.1) is 6.04 Å². The second kappa shape index (κ2) is 3.96. The number of nitrogens with one attached hydrogen (secondary N) is 1. The second-order valence-corrected chi connectivity index (χ2v) is 4.03. The van der Waals surface area contributed by atoms with Crippen LogP contribution in [0.4, 0.5) is 0 Å². The summed E-state index contributed by atoms with van der Waals surface area (Å²) in [5, 5.41) is 7.47. The molecule has 1 aromatic rings. The fourth-order valence-electron chi connectivity index (χ4n) is 2.36. The summed E-state index contributed by atoms with van der Waals surface area (Å²) in [4.78, 5) is 12.9. The minimum Gasteiger partial charge on any atom is -0.370 e. The van der Waals surface area contributed by atoms with Gasteiger partial charge in [-0.05, 0) is 24.0 Å². The molecule has 0 spiro atoms. The van der Waals surface area contributed by atoms with Crippen LogP contribution >= 0.6 is 0 Å². The van der Waals surface area contributed by atoms with Crippen molar-refractivity contribution >= 4 is 11.9 Å². The minimum absolute atomic E-state index is 0.0637. The number of guanidine groups is 1. The van der Waals surface area contributed by atoms with Crippen molar-refractivity contribution in [3.63, 3.8) is 0 Å². The molecule has 16 heavy (non-hydrogen) atoms. The highest BCUT2D eigenvalue weighted by molar-refractivity contribution is 5.94. The first-order valence-corrected chi connectivity index (χ1v) is 5.33. The molecule has 1 unspecified atom stereocenters. The number of amides is 1. The van der Waals surface area contributed by atoms with Gasteiger partial charge in [-0.3, -0.25) is 15.1 Å². The normalized spacial score (nSPS) is 17.9. The zero-order chi connectivity index (χ0) is 11.7. The Morgan fingerprint density at radius 3 is 2.81 bits per heavy atom. The molecule has 0 aromatic heterocycles. The van der Waals surface area contributed by atoms with Gasteiger partial charge in [0.25, 0.3) is 0 Å². The van der Waals surface area contributed by atoms with Crippen molar-refractivity contribution in [2.45, 2.75) is 25.8 Å². The van der Waals surface area contributed by atoms with Gasteiger partial charge in [0.15, 0.2) is 5.96 Å². The van der Waals surface area contributed by atoms with Crippen LogP contribution in [0.5, 0.6) is 0 Å². The number of hydrogen-bond acceptors (Lipinski definition) is 2. The van der Waals surface area contributed by atoms with Crippen LogP contribution in [0.1, 0.15) is 30.5 Å². The Morgan fingerprint density at radius 2 is 2.19 bits per heavy atom. The molecule has 1 amide bonds. The van der Waals surface area contributed by atoms with Gasteiger partial charge in [-0.25, -0.2) is 0 Å². The number of fused-ring (bicyclic) bond motifs is 1. The van der Waals surface area contributed by atoms with Gasteiger partial charge in [0.1, 0.15) is 0 Å². The van der Waals surface area contributed by atoms with Gasteiger partial charge < -0.3 is 5.73 Å². The molecule has 3 N–H and O–H groups in total. The molecule has 0 aliphatic heterocycles. The van der Waals surface area contributed by atoms with E-state index in [9.17, 15) is 4.79 Å². The molecule has 0 saturated heterocycles. The third-order valence-electron chi connectivity index (χ3n) is 3.01. The third-order valence-corrected chi connectivity index (χ3v) is 3.01. The number of rotatable bonds is 1. The molecule has 1 aromatic carbocycles. The molecule has 4 nitrogen and oxygen atoms in total. The average Bonchev–Trinajstić information content (AvgIpc) is 2.61. The molecule has 0 bridgehead atoms. The van der Waals surface area contributed by atoms with E-state index in [2.05, 4.69) is 6.07 Å². The molecule has 0 heterocycles. The first-order valence-electron chi connectivity index (χ1n) is 5.33. The molecule has 1 atom stereocenters. The summed E-state index contributed by atoms with van der Waals surface area (Å²) in [5.41, 5.74) is 7.83. The number of carbonyl (C=O) groups excluding carboxylic acids is 1. The second-order valence-electron chi connectivity index (χ2n) is 4.03. The van der Waals surface area contributed by atoms with E-state index in [0.29, 0.717) is 0 Å². The van der Waals surface area contributed by atoms with E-state index in [1.807, 2.05) is 18.2 Å². The van der Waals surface area contributed by atoms with E-state index in [1.165, 1.54) is 17.4 Å². The summed E-state index contributed by atoms with van der Waals surface area (Å²) in [5.74, 6) is -0.344. The van der Waals surface area contributed by atoms with Crippen LogP contribution in [0.3, 0.4) is 0 Å². The Bertz CT molecular complexity index is 428. The number of carbonyl (C=O) groups is 1. The Kier molecular flexibility index (Phi) is 2.64. The Balaban J connectivity index is 2.36. The van der Waals surface area contributed by atoms with Crippen molar-refractivity contribution in [2.75, 3.05) is 0 Å². The maximum atomic E-state index is 11.5. The number of benzene rings is 1. The predicted molar refractivity (Wildman–Crippen MR) is 61.9 cm³/mol. The van der Waals surface area contributed by atoms with Gasteiger partial charge in [-0.1, -0.05) is 24.3 Å². The van der Waals surface area contributed by atoms with E-state index in [0.717, 1.165) is 18.4 Å². The third kappa shape index (κ3) is 1.66. The first-order chi connectivity index (χ1) is 7.61. The predicted octanol–water partition coefficient (Wildman–Crippen LogP) is 1.42. The molecule has 1 aliphatic rings. The van der Waals surface area contributed by atoms with Crippen LogP contribution in [0.25, 0.3) is 0 Å². The summed E-state index contributed by atoms with van der Waals surface area (Å²) >= 11 is 0. The molecule has 2 rings (SSSR count). The van der Waals surface area contributed by atoms with Crippen LogP contribution in [0.15, 0.2) is 24.3 Å². The first kappa shape index (κ1) is 10.7. The van der Waals surface area contributed by atoms with Crippen LogP contribution < -0.4 is 5.73 Å². The van der Waals surface area contributed by atoms with Crippen molar-refractivity contribution < 1.29 is 4.79 Å². The lowest BCUT2D eigenvalue weighted by atomic mass is 10.1. The lowest BCUT2D eigenvalue weighted by molar-refractivity contribution is -0.126. The minimum atomic E-state index is -0.172. The highest BCUT2D eigenvalue weighted by Gasteiger charge is 2.30. The molecule has 0 fully saturated rings. The lowest BCUT2D eigenvalue weighted by Gasteiger charge is -2.26. The summed E-state index contributed by atoms with van der Waals surface area (Å²) in [6, 6.07) is 7.95. The maximum absolute atomic E-state index is 11.5. The van der Waals surface area contributed by atoms with Crippen molar-refractivity contribution in [3.8, 4) is 0 Å². The summed E-state index contributed by atoms with van der Waals surface area (Å²) in [6.45, 7) is 1.45. The number of aryl methyl sites for hydroxylation is 1. The summed E-state index contributed by atoms with van der Waals surface area (Å²) in [6.07, 6.45) is 1.79. The number of nitrogens with zero attached hydrogens (tertiary/aromatic N) is 1. The van der Waals surface area contributed by atoms with Crippen molar-refractivity contribution in [2.24, 2.45) is 5.73 Å². The fraction of sp³-hybridized carbons (Fsp3) is 0.333. The van der Waals surface area contributed by atoms with Gasteiger partial charge in [0, 0.05) is 6.92 Å². The van der Waals surface area contributed by atoms with E-state index < -0.39 is 0 Å². The molecular weight excluding hydrogens is 202 g/mol. The van der Waals surface area contributed by atoms with E-state index in [-0.39, 0.29) is 17.9 Å². The average molecular weight is 217 g/mol. The Morgan fingerprint density at radius 1 is 1.50 bits per heavy atom. The Hall–Kier alpha value is -1.84. The van der Waals surface area contributed by atoms with Crippen molar-refractivity contribution in [1.82, 2.24) is 4.90 Å². The van der Waals surface area contributed by atoms with Crippen LogP contribution in [0.2, 0.25) is 0 Å². The standard InChI is InChI=1S/C12H15N3O/c1-8(16)15(12(13)14)11-7-6-9-4-2-3-5-10(9)11/h2-5,11H,6-7H2,1H3,(H3,13,14).